The van der Waals surface area contributed by atoms with Crippen LogP contribution in [-0.4, -0.2) is 26.5 Å². The number of hydrogen-bond donors (Lipinski definition) is 1. The molecule has 0 unspecified atom stereocenters. The molecule has 5 nitrogen and oxygen atoms in total. The molecule has 0 fully saturated rings. The Balaban J connectivity index is 2.40. The van der Waals surface area contributed by atoms with Crippen LogP contribution in [0, 0.1) is 6.92 Å². The van der Waals surface area contributed by atoms with Gasteiger partial charge in [0.05, 0.1) is 0 Å². The van der Waals surface area contributed by atoms with Crippen LogP contribution in [-0.2, 0) is 0 Å². The van der Waals surface area contributed by atoms with E-state index in [4.69, 9.17) is 0 Å². The van der Waals surface area contributed by atoms with Gasteiger partial charge < -0.3 is 5.32 Å². The normalized spacial score (nSPS) is 10.8. The first-order valence-corrected chi connectivity index (χ1v) is 7.49. The first-order valence-electron chi connectivity index (χ1n) is 6.68. The Labute approximate surface area is 123 Å². The van der Waals surface area contributed by atoms with Crippen LogP contribution in [0.1, 0.15) is 38.1 Å². The summed E-state index contributed by atoms with van der Waals surface area (Å²) >= 11 is 1.54. The van der Waals surface area contributed by atoms with Crippen molar-refractivity contribution >= 4 is 17.6 Å². The maximum Gasteiger partial charge on any atom is 0.134 e. The summed E-state index contributed by atoms with van der Waals surface area (Å²) in [6.45, 7) is 9.13. The molecule has 20 heavy (non-hydrogen) atoms. The highest BCUT2D eigenvalue weighted by molar-refractivity contribution is 7.99. The van der Waals surface area contributed by atoms with Gasteiger partial charge in [0.25, 0.3) is 0 Å². The van der Waals surface area contributed by atoms with Gasteiger partial charge in [-0.2, -0.15) is 0 Å². The number of hydrogen-bond acceptors (Lipinski definition) is 6. The summed E-state index contributed by atoms with van der Waals surface area (Å²) in [5.74, 6) is 2.05. The molecule has 0 amide bonds. The molecule has 6 heteroatoms. The molecule has 2 rings (SSSR count). The molecule has 0 aromatic carbocycles. The average Bonchev–Trinajstić information content (AvgIpc) is 2.44. The summed E-state index contributed by atoms with van der Waals surface area (Å²) in [7, 11) is 0. The summed E-state index contributed by atoms with van der Waals surface area (Å²) in [6, 6.07) is 1.88. The molecule has 0 saturated heterocycles. The lowest BCUT2D eigenvalue weighted by atomic mass is 10.2. The van der Waals surface area contributed by atoms with E-state index in [9.17, 15) is 0 Å². The van der Waals surface area contributed by atoms with Crippen LogP contribution in [0.4, 0.5) is 5.82 Å². The maximum absolute atomic E-state index is 4.66. The minimum absolute atomic E-state index is 0.290. The fourth-order valence-corrected chi connectivity index (χ4v) is 2.46. The van der Waals surface area contributed by atoms with Crippen molar-refractivity contribution in [2.75, 3.05) is 11.9 Å². The van der Waals surface area contributed by atoms with E-state index in [-0.39, 0.29) is 5.92 Å². The third-order valence-corrected chi connectivity index (χ3v) is 3.78. The van der Waals surface area contributed by atoms with Crippen molar-refractivity contribution in [3.8, 4) is 0 Å². The highest BCUT2D eigenvalue weighted by Crippen LogP contribution is 2.31. The van der Waals surface area contributed by atoms with Gasteiger partial charge in [-0.1, -0.05) is 13.8 Å². The van der Waals surface area contributed by atoms with E-state index in [0.717, 1.165) is 33.8 Å². The lowest BCUT2D eigenvalue weighted by molar-refractivity contribution is 0.748. The van der Waals surface area contributed by atoms with Crippen molar-refractivity contribution in [3.05, 3.63) is 30.0 Å². The van der Waals surface area contributed by atoms with Gasteiger partial charge in [-0.3, -0.25) is 0 Å². The molecule has 0 aliphatic heterocycles. The van der Waals surface area contributed by atoms with Crippen molar-refractivity contribution < 1.29 is 0 Å². The van der Waals surface area contributed by atoms with Crippen molar-refractivity contribution in [3.63, 3.8) is 0 Å². The third-order valence-electron chi connectivity index (χ3n) is 2.74. The summed E-state index contributed by atoms with van der Waals surface area (Å²) in [4.78, 5) is 17.4. The molecule has 0 bridgehead atoms. The van der Waals surface area contributed by atoms with E-state index in [1.165, 1.54) is 0 Å². The highest BCUT2D eigenvalue weighted by Gasteiger charge is 2.14. The zero-order valence-electron chi connectivity index (χ0n) is 12.2. The van der Waals surface area contributed by atoms with Gasteiger partial charge in [-0.15, -0.1) is 0 Å². The molecule has 0 atom stereocenters. The van der Waals surface area contributed by atoms with Crippen LogP contribution in [0.3, 0.4) is 0 Å². The minimum atomic E-state index is 0.290. The van der Waals surface area contributed by atoms with Crippen molar-refractivity contribution in [1.82, 2.24) is 19.9 Å². The van der Waals surface area contributed by atoms with Crippen LogP contribution >= 0.6 is 11.8 Å². The van der Waals surface area contributed by atoms with Gasteiger partial charge in [0.15, 0.2) is 0 Å². The second-order valence-corrected chi connectivity index (χ2v) is 5.70. The predicted octanol–water partition coefficient (Wildman–Crippen LogP) is 3.28. The van der Waals surface area contributed by atoms with Gasteiger partial charge in [-0.05, 0) is 31.7 Å². The SMILES string of the molecule is CCNc1nc(C(C)C)nc(Sc2ccncn2)c1C. The number of aromatic nitrogens is 4. The predicted molar refractivity (Wildman–Crippen MR) is 81.2 cm³/mol. The lowest BCUT2D eigenvalue weighted by Crippen LogP contribution is -2.08. The molecule has 2 aromatic rings. The topological polar surface area (TPSA) is 63.6 Å². The van der Waals surface area contributed by atoms with Crippen LogP contribution < -0.4 is 5.32 Å². The van der Waals surface area contributed by atoms with E-state index in [0.29, 0.717) is 0 Å². The van der Waals surface area contributed by atoms with Crippen LogP contribution in [0.5, 0.6) is 0 Å². The monoisotopic (exact) mass is 289 g/mol. The maximum atomic E-state index is 4.66. The first-order chi connectivity index (χ1) is 9.61. The molecule has 106 valence electrons. The van der Waals surface area contributed by atoms with Crippen molar-refractivity contribution in [2.45, 2.75) is 43.7 Å². The van der Waals surface area contributed by atoms with Crippen LogP contribution in [0.2, 0.25) is 0 Å². The number of anilines is 1. The second-order valence-electron chi connectivity index (χ2n) is 4.70. The zero-order valence-corrected chi connectivity index (χ0v) is 13.0. The summed E-state index contributed by atoms with van der Waals surface area (Å²) < 4.78 is 0. The standard InChI is InChI=1S/C14H19N5S/c1-5-16-13-10(4)14(19-12(18-13)9(2)3)20-11-6-7-15-8-17-11/h6-9H,5H2,1-4H3,(H,16,18,19). The average molecular weight is 289 g/mol. The summed E-state index contributed by atoms with van der Waals surface area (Å²) in [5.41, 5.74) is 1.06. The molecule has 0 aliphatic carbocycles. The molecular formula is C14H19N5S. The number of nitrogens with zero attached hydrogens (tertiary/aromatic N) is 4. The minimum Gasteiger partial charge on any atom is -0.370 e. The van der Waals surface area contributed by atoms with E-state index in [2.05, 4.69) is 46.0 Å². The number of nitrogens with one attached hydrogen (secondary N) is 1. The fraction of sp³-hybridized carbons (Fsp3) is 0.429. The Bertz CT molecular complexity index is 571. The molecule has 0 radical (unpaired) electrons. The van der Waals surface area contributed by atoms with Crippen molar-refractivity contribution in [2.24, 2.45) is 0 Å². The number of rotatable bonds is 5. The first kappa shape index (κ1) is 14.7. The van der Waals surface area contributed by atoms with Gasteiger partial charge in [0.1, 0.15) is 28.0 Å². The molecule has 1 N–H and O–H groups in total. The quantitative estimate of drug-likeness (QED) is 0.852. The van der Waals surface area contributed by atoms with E-state index < -0.39 is 0 Å². The Hall–Kier alpha value is -1.69. The molecule has 0 spiro atoms. The Morgan fingerprint density at radius 3 is 2.70 bits per heavy atom. The highest BCUT2D eigenvalue weighted by atomic mass is 32.2. The Morgan fingerprint density at radius 1 is 1.30 bits per heavy atom. The van der Waals surface area contributed by atoms with E-state index in [1.54, 1.807) is 24.3 Å². The Kier molecular flexibility index (Phi) is 4.89. The molecule has 2 heterocycles. The zero-order chi connectivity index (χ0) is 14.5. The van der Waals surface area contributed by atoms with Gasteiger partial charge in [0.2, 0.25) is 0 Å². The Morgan fingerprint density at radius 2 is 2.10 bits per heavy atom. The van der Waals surface area contributed by atoms with E-state index in [1.807, 2.05) is 13.0 Å². The van der Waals surface area contributed by atoms with Gasteiger partial charge in [-0.25, -0.2) is 19.9 Å². The smallest absolute Gasteiger partial charge is 0.134 e. The summed E-state index contributed by atoms with van der Waals surface area (Å²) in [6.07, 6.45) is 3.29. The third kappa shape index (κ3) is 3.45. The second kappa shape index (κ2) is 6.65. The van der Waals surface area contributed by atoms with Crippen molar-refractivity contribution in [1.29, 1.82) is 0 Å². The van der Waals surface area contributed by atoms with Crippen LogP contribution in [0.15, 0.2) is 28.6 Å². The van der Waals surface area contributed by atoms with Crippen LogP contribution in [0.25, 0.3) is 0 Å². The molecule has 2 aromatic heterocycles. The largest absolute Gasteiger partial charge is 0.370 e. The molecule has 0 saturated carbocycles. The van der Waals surface area contributed by atoms with Gasteiger partial charge in [0, 0.05) is 24.2 Å². The summed E-state index contributed by atoms with van der Waals surface area (Å²) in [5, 5.41) is 5.13. The van der Waals surface area contributed by atoms with E-state index >= 15 is 0 Å². The fourth-order valence-electron chi connectivity index (χ4n) is 1.65. The van der Waals surface area contributed by atoms with Gasteiger partial charge >= 0.3 is 0 Å². The lowest BCUT2D eigenvalue weighted by Gasteiger charge is -2.14. The molecule has 0 aliphatic rings. The molecular weight excluding hydrogens is 270 g/mol.